The number of benzene rings is 5. The van der Waals surface area contributed by atoms with Crippen LogP contribution in [0.1, 0.15) is 61.1 Å². The van der Waals surface area contributed by atoms with E-state index < -0.39 is 0 Å². The molecule has 0 fully saturated rings. The van der Waals surface area contributed by atoms with E-state index in [0.29, 0.717) is 13.5 Å². The van der Waals surface area contributed by atoms with Crippen LogP contribution >= 0.6 is 25.3 Å². The highest BCUT2D eigenvalue weighted by atomic mass is 32.1. The zero-order valence-corrected chi connectivity index (χ0v) is 28.6. The minimum Gasteiger partial charge on any atom is -0.473 e. The first-order valence-corrected chi connectivity index (χ1v) is 16.7. The topological polar surface area (TPSA) is 24.9 Å². The molecule has 0 saturated carbocycles. The van der Waals surface area contributed by atoms with E-state index in [2.05, 4.69) is 148 Å². The fourth-order valence-corrected chi connectivity index (χ4v) is 7.04. The molecule has 46 heavy (non-hydrogen) atoms. The molecular weight excluding hydrogens is 605 g/mol. The number of ether oxygens (including phenoxy) is 2. The van der Waals surface area contributed by atoms with Crippen LogP contribution in [0.2, 0.25) is 0 Å². The van der Waals surface area contributed by atoms with Crippen LogP contribution < -0.4 is 19.3 Å². The van der Waals surface area contributed by atoms with Crippen LogP contribution in [-0.2, 0) is 23.9 Å². The first-order chi connectivity index (χ1) is 22.1. The summed E-state index contributed by atoms with van der Waals surface area (Å²) in [5.41, 5.74) is 9.32. The second-order valence-electron chi connectivity index (χ2n) is 13.5. The Hall–Kier alpha value is -4.00. The van der Waals surface area contributed by atoms with Gasteiger partial charge in [-0.25, -0.2) is 0 Å². The van der Waals surface area contributed by atoms with E-state index in [1.807, 2.05) is 24.3 Å². The van der Waals surface area contributed by atoms with Gasteiger partial charge in [-0.15, -0.1) is 25.3 Å². The molecule has 0 unspecified atom stereocenters. The zero-order chi connectivity index (χ0) is 32.1. The van der Waals surface area contributed by atoms with Gasteiger partial charge in [0.1, 0.15) is 11.5 Å². The quantitative estimate of drug-likeness (QED) is 0.180. The van der Waals surface area contributed by atoms with Crippen molar-refractivity contribution in [1.82, 2.24) is 0 Å². The SMILES string of the molecule is CC(C)(c1cccc(C(C)(C)c2ccc3c(c2)CN(c2cccc(S)c2)CO3)c1)c1ccc2c(c1)CN(c1cccc(S)c1)CO2. The number of thiol groups is 2. The molecule has 0 saturated heterocycles. The summed E-state index contributed by atoms with van der Waals surface area (Å²) in [6.45, 7) is 11.9. The molecule has 0 amide bonds. The fourth-order valence-electron chi connectivity index (χ4n) is 6.60. The van der Waals surface area contributed by atoms with Gasteiger partial charge in [-0.2, -0.15) is 0 Å². The fraction of sp³-hybridized carbons (Fsp3) is 0.250. The van der Waals surface area contributed by atoms with Crippen molar-refractivity contribution < 1.29 is 9.47 Å². The standard InChI is InChI=1S/C40H40N2O2S2/c1-39(2,31-14-16-37-27(18-31)23-41(25-43-37)33-10-6-12-35(45)21-33)29-8-5-9-30(20-29)40(3,4)32-15-17-38-28(19-32)24-42(26-44-38)34-11-7-13-36(46)22-34/h5-22,45-46H,23-26H2,1-4H3. The number of rotatable bonds is 6. The van der Waals surface area contributed by atoms with Crippen molar-refractivity contribution in [3.05, 3.63) is 143 Å². The average molecular weight is 645 g/mol. The molecule has 0 bridgehead atoms. The van der Waals surface area contributed by atoms with Crippen LogP contribution in [0.3, 0.4) is 0 Å². The zero-order valence-electron chi connectivity index (χ0n) is 26.8. The van der Waals surface area contributed by atoms with E-state index in [4.69, 9.17) is 9.47 Å². The predicted molar refractivity (Wildman–Crippen MR) is 194 cm³/mol. The van der Waals surface area contributed by atoms with E-state index in [9.17, 15) is 0 Å². The molecule has 2 heterocycles. The predicted octanol–water partition coefficient (Wildman–Crippen LogP) is 9.63. The molecule has 2 aliphatic rings. The summed E-state index contributed by atoms with van der Waals surface area (Å²) in [5.74, 6) is 1.92. The third kappa shape index (κ3) is 5.85. The summed E-state index contributed by atoms with van der Waals surface area (Å²) in [6.07, 6.45) is 0. The lowest BCUT2D eigenvalue weighted by atomic mass is 9.73. The molecule has 5 aromatic rings. The van der Waals surface area contributed by atoms with E-state index in [0.717, 1.165) is 45.8 Å². The normalized spacial score (nSPS) is 14.7. The van der Waals surface area contributed by atoms with Gasteiger partial charge in [0, 0.05) is 56.2 Å². The van der Waals surface area contributed by atoms with Gasteiger partial charge in [-0.05, 0) is 82.9 Å². The lowest BCUT2D eigenvalue weighted by Gasteiger charge is -2.34. The van der Waals surface area contributed by atoms with Gasteiger partial charge in [0.2, 0.25) is 0 Å². The van der Waals surface area contributed by atoms with E-state index >= 15 is 0 Å². The largest absolute Gasteiger partial charge is 0.473 e. The lowest BCUT2D eigenvalue weighted by molar-refractivity contribution is 0.289. The Morgan fingerprint density at radius 1 is 0.500 bits per heavy atom. The molecule has 0 radical (unpaired) electrons. The van der Waals surface area contributed by atoms with Crippen LogP contribution in [0.15, 0.2) is 119 Å². The van der Waals surface area contributed by atoms with E-state index in [1.54, 1.807) is 0 Å². The molecule has 7 rings (SSSR count). The van der Waals surface area contributed by atoms with Crippen molar-refractivity contribution in [2.45, 2.75) is 61.4 Å². The smallest absolute Gasteiger partial charge is 0.161 e. The highest BCUT2D eigenvalue weighted by molar-refractivity contribution is 7.80. The van der Waals surface area contributed by atoms with Gasteiger partial charge in [-0.1, -0.05) is 76.2 Å². The van der Waals surface area contributed by atoms with E-state index in [-0.39, 0.29) is 10.8 Å². The van der Waals surface area contributed by atoms with Crippen LogP contribution in [0.4, 0.5) is 11.4 Å². The van der Waals surface area contributed by atoms with Gasteiger partial charge in [0.05, 0.1) is 0 Å². The summed E-state index contributed by atoms with van der Waals surface area (Å²) in [7, 11) is 0. The first-order valence-electron chi connectivity index (χ1n) is 15.8. The van der Waals surface area contributed by atoms with Crippen molar-refractivity contribution in [1.29, 1.82) is 0 Å². The Balaban J connectivity index is 1.15. The van der Waals surface area contributed by atoms with Gasteiger partial charge in [0.25, 0.3) is 0 Å². The second kappa shape index (κ2) is 12.0. The summed E-state index contributed by atoms with van der Waals surface area (Å²) in [6, 6.07) is 38.9. The summed E-state index contributed by atoms with van der Waals surface area (Å²) in [4.78, 5) is 6.40. The maximum Gasteiger partial charge on any atom is 0.161 e. The third-order valence-corrected chi connectivity index (χ3v) is 10.3. The average Bonchev–Trinajstić information content (AvgIpc) is 3.07. The van der Waals surface area contributed by atoms with Crippen molar-refractivity contribution in [2.24, 2.45) is 0 Å². The summed E-state index contributed by atoms with van der Waals surface area (Å²) < 4.78 is 12.4. The van der Waals surface area contributed by atoms with Crippen LogP contribution in [-0.4, -0.2) is 13.5 Å². The van der Waals surface area contributed by atoms with Gasteiger partial charge < -0.3 is 19.3 Å². The van der Waals surface area contributed by atoms with Gasteiger partial charge in [0.15, 0.2) is 13.5 Å². The minimum absolute atomic E-state index is 0.208. The Kier molecular flexibility index (Phi) is 7.98. The maximum atomic E-state index is 6.18. The molecule has 4 nitrogen and oxygen atoms in total. The number of anilines is 2. The molecule has 234 valence electrons. The molecule has 0 aromatic heterocycles. The molecule has 0 aliphatic carbocycles. The summed E-state index contributed by atoms with van der Waals surface area (Å²) in [5, 5.41) is 0. The Labute approximate surface area is 283 Å². The number of hydrogen-bond acceptors (Lipinski definition) is 6. The molecule has 6 heteroatoms. The van der Waals surface area contributed by atoms with Crippen LogP contribution in [0.25, 0.3) is 0 Å². The number of nitrogens with zero attached hydrogens (tertiary/aromatic N) is 2. The first kappa shape index (κ1) is 30.6. The van der Waals surface area contributed by atoms with Crippen molar-refractivity contribution >= 4 is 36.6 Å². The second-order valence-corrected chi connectivity index (χ2v) is 14.5. The molecular formula is C40H40N2O2S2. The Morgan fingerprint density at radius 2 is 0.913 bits per heavy atom. The molecule has 0 spiro atoms. The molecule has 0 atom stereocenters. The molecule has 5 aromatic carbocycles. The van der Waals surface area contributed by atoms with E-state index in [1.165, 1.54) is 33.4 Å². The van der Waals surface area contributed by atoms with Crippen molar-refractivity contribution in [2.75, 3.05) is 23.3 Å². The lowest BCUT2D eigenvalue weighted by Crippen LogP contribution is -2.32. The van der Waals surface area contributed by atoms with Gasteiger partial charge in [-0.3, -0.25) is 0 Å². The van der Waals surface area contributed by atoms with Gasteiger partial charge >= 0.3 is 0 Å². The number of hydrogen-bond donors (Lipinski definition) is 2. The third-order valence-electron chi connectivity index (χ3n) is 9.73. The van der Waals surface area contributed by atoms with Crippen molar-refractivity contribution in [3.8, 4) is 11.5 Å². The Morgan fingerprint density at radius 3 is 1.35 bits per heavy atom. The van der Waals surface area contributed by atoms with Crippen molar-refractivity contribution in [3.63, 3.8) is 0 Å². The maximum absolute atomic E-state index is 6.18. The van der Waals surface area contributed by atoms with Crippen LogP contribution in [0, 0.1) is 0 Å². The highest BCUT2D eigenvalue weighted by Gasteiger charge is 2.30. The monoisotopic (exact) mass is 644 g/mol. The molecule has 2 aliphatic heterocycles. The number of fused-ring (bicyclic) bond motifs is 2. The minimum atomic E-state index is -0.208. The Bertz CT molecular complexity index is 1780. The highest BCUT2D eigenvalue weighted by Crippen LogP contribution is 2.41. The summed E-state index contributed by atoms with van der Waals surface area (Å²) >= 11 is 9.08. The van der Waals surface area contributed by atoms with Crippen LogP contribution in [0.5, 0.6) is 11.5 Å². The molecule has 0 N–H and O–H groups in total.